The number of hydrogen-bond acceptors (Lipinski definition) is 4. The number of halogens is 1. The van der Waals surface area contributed by atoms with Crippen molar-refractivity contribution in [1.29, 1.82) is 0 Å². The van der Waals surface area contributed by atoms with E-state index in [9.17, 15) is 9.50 Å². The van der Waals surface area contributed by atoms with E-state index >= 15 is 0 Å². The van der Waals surface area contributed by atoms with Gasteiger partial charge in [-0.2, -0.15) is 0 Å². The van der Waals surface area contributed by atoms with Crippen LogP contribution in [-0.2, 0) is 17.8 Å². The predicted octanol–water partition coefficient (Wildman–Crippen LogP) is 3.60. The van der Waals surface area contributed by atoms with Crippen LogP contribution in [-0.4, -0.2) is 34.9 Å². The van der Waals surface area contributed by atoms with E-state index in [1.54, 1.807) is 18.4 Å². The summed E-state index contributed by atoms with van der Waals surface area (Å²) in [4.78, 5) is 1.95. The number of ether oxygens (including phenoxy) is 1. The van der Waals surface area contributed by atoms with Crippen LogP contribution in [0.15, 0.2) is 47.1 Å². The van der Waals surface area contributed by atoms with Gasteiger partial charge in [0, 0.05) is 18.7 Å². The van der Waals surface area contributed by atoms with Gasteiger partial charge in [0.25, 0.3) is 0 Å². The maximum atomic E-state index is 13.9. The monoisotopic (exact) mass is 335 g/mol. The summed E-state index contributed by atoms with van der Waals surface area (Å²) in [7, 11) is 0. The molecule has 0 aliphatic heterocycles. The van der Waals surface area contributed by atoms with Crippen LogP contribution in [0, 0.1) is 5.82 Å². The lowest BCUT2D eigenvalue weighted by Gasteiger charge is -2.27. The maximum Gasteiger partial charge on any atom is 0.127 e. The summed E-state index contributed by atoms with van der Waals surface area (Å²) in [6, 6.07) is 10.4. The van der Waals surface area contributed by atoms with Gasteiger partial charge in [0.05, 0.1) is 31.1 Å². The summed E-state index contributed by atoms with van der Waals surface area (Å²) in [5, 5.41) is 10.3. The average molecular weight is 335 g/mol. The molecule has 0 bridgehead atoms. The third kappa shape index (κ3) is 6.43. The van der Waals surface area contributed by atoms with Gasteiger partial charge in [-0.3, -0.25) is 4.90 Å². The van der Waals surface area contributed by atoms with Gasteiger partial charge in [0.1, 0.15) is 11.6 Å². The lowest BCUT2D eigenvalue weighted by atomic mass is 10.1. The van der Waals surface area contributed by atoms with Crippen LogP contribution in [0.1, 0.15) is 32.1 Å². The Morgan fingerprint density at radius 3 is 2.54 bits per heavy atom. The molecule has 4 nitrogen and oxygen atoms in total. The Hall–Kier alpha value is -1.69. The highest BCUT2D eigenvalue weighted by atomic mass is 19.1. The predicted molar refractivity (Wildman–Crippen MR) is 90.9 cm³/mol. The van der Waals surface area contributed by atoms with Crippen LogP contribution in [0.2, 0.25) is 0 Å². The van der Waals surface area contributed by atoms with Crippen molar-refractivity contribution < 1.29 is 18.7 Å². The number of benzene rings is 1. The molecule has 1 aromatic carbocycles. The van der Waals surface area contributed by atoms with Gasteiger partial charge in [-0.1, -0.05) is 18.2 Å². The lowest BCUT2D eigenvalue weighted by Crippen LogP contribution is -2.36. The molecule has 2 aromatic rings. The van der Waals surface area contributed by atoms with E-state index < -0.39 is 6.10 Å². The molecule has 0 aliphatic rings. The Bertz CT molecular complexity index is 607. The smallest absolute Gasteiger partial charge is 0.127 e. The van der Waals surface area contributed by atoms with Gasteiger partial charge in [0.2, 0.25) is 0 Å². The van der Waals surface area contributed by atoms with Gasteiger partial charge in [-0.25, -0.2) is 4.39 Å². The molecular weight excluding hydrogens is 309 g/mol. The van der Waals surface area contributed by atoms with Gasteiger partial charge in [-0.15, -0.1) is 0 Å². The fourth-order valence-corrected chi connectivity index (χ4v) is 2.37. The van der Waals surface area contributed by atoms with Crippen molar-refractivity contribution in [3.05, 3.63) is 59.8 Å². The maximum absolute atomic E-state index is 13.9. The van der Waals surface area contributed by atoms with Gasteiger partial charge in [0.15, 0.2) is 0 Å². The first-order chi connectivity index (χ1) is 11.3. The standard InChI is InChI=1S/C19H26FNO3/c1-19(2,3)24-14-16(22)12-21(13-17-8-6-10-23-17)11-15-7-4-5-9-18(15)20/h4-10,16,22H,11-14H2,1-3H3/t16-/m1/s1. The number of nitrogens with zero attached hydrogens (tertiary/aromatic N) is 1. The minimum Gasteiger partial charge on any atom is -0.468 e. The topological polar surface area (TPSA) is 45.8 Å². The van der Waals surface area contributed by atoms with Crippen molar-refractivity contribution >= 4 is 0 Å². The second-order valence-corrected chi connectivity index (χ2v) is 6.92. The number of aliphatic hydroxyl groups excluding tert-OH is 1. The zero-order chi connectivity index (χ0) is 17.6. The first-order valence-corrected chi connectivity index (χ1v) is 8.13. The molecular formula is C19H26FNO3. The van der Waals surface area contributed by atoms with Gasteiger partial charge in [-0.05, 0) is 39.0 Å². The second kappa shape index (κ2) is 8.42. The summed E-state index contributed by atoms with van der Waals surface area (Å²) in [5.74, 6) is 0.526. The summed E-state index contributed by atoms with van der Waals surface area (Å²) in [6.07, 6.45) is 0.946. The minimum atomic E-state index is -0.661. The molecule has 0 fully saturated rings. The molecule has 0 saturated heterocycles. The van der Waals surface area contributed by atoms with E-state index in [1.807, 2.05) is 43.9 Å². The fraction of sp³-hybridized carbons (Fsp3) is 0.474. The third-order valence-electron chi connectivity index (χ3n) is 3.49. The Kier molecular flexibility index (Phi) is 6.54. The molecule has 1 atom stereocenters. The van der Waals surface area contributed by atoms with Crippen molar-refractivity contribution in [3.8, 4) is 0 Å². The molecule has 2 rings (SSSR count). The van der Waals surface area contributed by atoms with Crippen LogP contribution in [0.25, 0.3) is 0 Å². The highest BCUT2D eigenvalue weighted by Gasteiger charge is 2.18. The second-order valence-electron chi connectivity index (χ2n) is 6.92. The van der Waals surface area contributed by atoms with Gasteiger partial charge >= 0.3 is 0 Å². The first-order valence-electron chi connectivity index (χ1n) is 8.13. The average Bonchev–Trinajstić information content (AvgIpc) is 3.00. The molecule has 0 amide bonds. The summed E-state index contributed by atoms with van der Waals surface area (Å²) < 4.78 is 24.9. The zero-order valence-corrected chi connectivity index (χ0v) is 14.5. The van der Waals surface area contributed by atoms with Crippen LogP contribution in [0.3, 0.4) is 0 Å². The zero-order valence-electron chi connectivity index (χ0n) is 14.5. The molecule has 1 N–H and O–H groups in total. The molecule has 0 saturated carbocycles. The Labute approximate surface area is 142 Å². The number of rotatable bonds is 8. The number of furan rings is 1. The highest BCUT2D eigenvalue weighted by Crippen LogP contribution is 2.15. The normalized spacial score (nSPS) is 13.4. The van der Waals surface area contributed by atoms with E-state index in [2.05, 4.69) is 0 Å². The van der Waals surface area contributed by atoms with Crippen LogP contribution in [0.4, 0.5) is 4.39 Å². The Balaban J connectivity index is 2.01. The Morgan fingerprint density at radius 2 is 1.92 bits per heavy atom. The van der Waals surface area contributed by atoms with Crippen LogP contribution in [0.5, 0.6) is 0 Å². The molecule has 24 heavy (non-hydrogen) atoms. The molecule has 1 aromatic heterocycles. The van der Waals surface area contributed by atoms with E-state index in [-0.39, 0.29) is 18.0 Å². The summed E-state index contributed by atoms with van der Waals surface area (Å²) in [6.45, 7) is 7.31. The van der Waals surface area contributed by atoms with E-state index in [0.29, 0.717) is 25.2 Å². The molecule has 1 heterocycles. The molecule has 0 aliphatic carbocycles. The highest BCUT2D eigenvalue weighted by molar-refractivity contribution is 5.17. The van der Waals surface area contributed by atoms with Crippen molar-refractivity contribution in [2.75, 3.05) is 13.2 Å². The summed E-state index contributed by atoms with van der Waals surface area (Å²) >= 11 is 0. The minimum absolute atomic E-state index is 0.232. The van der Waals surface area contributed by atoms with Crippen molar-refractivity contribution in [3.63, 3.8) is 0 Å². The van der Waals surface area contributed by atoms with Crippen molar-refractivity contribution in [2.45, 2.75) is 45.6 Å². The number of aliphatic hydroxyl groups is 1. The molecule has 0 radical (unpaired) electrons. The van der Waals surface area contributed by atoms with Crippen LogP contribution < -0.4 is 0 Å². The van der Waals surface area contributed by atoms with Crippen molar-refractivity contribution in [1.82, 2.24) is 4.90 Å². The quantitative estimate of drug-likeness (QED) is 0.801. The number of hydrogen-bond donors (Lipinski definition) is 1. The van der Waals surface area contributed by atoms with E-state index in [0.717, 1.165) is 5.76 Å². The third-order valence-corrected chi connectivity index (χ3v) is 3.49. The van der Waals surface area contributed by atoms with Crippen molar-refractivity contribution in [2.24, 2.45) is 0 Å². The van der Waals surface area contributed by atoms with E-state index in [1.165, 1.54) is 6.07 Å². The largest absolute Gasteiger partial charge is 0.468 e. The molecule has 0 spiro atoms. The Morgan fingerprint density at radius 1 is 1.17 bits per heavy atom. The first kappa shape index (κ1) is 18.6. The van der Waals surface area contributed by atoms with E-state index in [4.69, 9.17) is 9.15 Å². The molecule has 5 heteroatoms. The molecule has 132 valence electrons. The molecule has 0 unspecified atom stereocenters. The summed E-state index contributed by atoms with van der Waals surface area (Å²) in [5.41, 5.74) is 0.284. The lowest BCUT2D eigenvalue weighted by molar-refractivity contribution is -0.0576. The van der Waals surface area contributed by atoms with Gasteiger partial charge < -0.3 is 14.3 Å². The van der Waals surface area contributed by atoms with Crippen LogP contribution >= 0.6 is 0 Å². The SMILES string of the molecule is CC(C)(C)OC[C@H](O)CN(Cc1ccco1)Cc1ccccc1F. The fourth-order valence-electron chi connectivity index (χ4n) is 2.37.